The molecule has 0 unspecified atom stereocenters. The largest absolute Gasteiger partial charge is 0.486 e. The number of carbonyl (C=O) groups excluding carboxylic acids is 1. The van der Waals surface area contributed by atoms with Gasteiger partial charge in [0.05, 0.1) is 16.8 Å². The van der Waals surface area contributed by atoms with Crippen molar-refractivity contribution in [2.45, 2.75) is 13.5 Å². The van der Waals surface area contributed by atoms with Crippen molar-refractivity contribution in [1.82, 2.24) is 14.8 Å². The second-order valence-corrected chi connectivity index (χ2v) is 8.44. The highest BCUT2D eigenvalue weighted by Crippen LogP contribution is 2.31. The molecule has 3 heterocycles. The van der Waals surface area contributed by atoms with Crippen LogP contribution in [-0.2, 0) is 6.54 Å². The van der Waals surface area contributed by atoms with E-state index in [1.165, 1.54) is 5.56 Å². The monoisotopic (exact) mass is 437 g/mol. The number of hydrogen-bond donors (Lipinski definition) is 0. The van der Waals surface area contributed by atoms with Gasteiger partial charge in [0, 0.05) is 43.1 Å². The number of aryl methyl sites for hydroxylation is 1. The molecule has 2 aliphatic heterocycles. The molecule has 1 fully saturated rings. The van der Waals surface area contributed by atoms with E-state index in [0.717, 1.165) is 47.7 Å². The Labute approximate surface area is 186 Å². The number of ether oxygens (including phenoxy) is 2. The minimum Gasteiger partial charge on any atom is -0.486 e. The van der Waals surface area contributed by atoms with Crippen molar-refractivity contribution in [2.24, 2.45) is 0 Å². The summed E-state index contributed by atoms with van der Waals surface area (Å²) in [5.41, 5.74) is 3.44. The van der Waals surface area contributed by atoms with Crippen LogP contribution in [0.5, 0.6) is 11.5 Å². The fraction of sp³-hybridized carbons (Fsp3) is 0.333. The molecule has 0 spiro atoms. The van der Waals surface area contributed by atoms with E-state index in [9.17, 15) is 4.79 Å². The molecule has 0 aliphatic carbocycles. The molecule has 0 N–H and O–H groups in total. The molecule has 3 aromatic rings. The lowest BCUT2D eigenvalue weighted by Gasteiger charge is -2.35. The van der Waals surface area contributed by atoms with Gasteiger partial charge in [-0.05, 0) is 48.9 Å². The average Bonchev–Trinajstić information content (AvgIpc) is 2.79. The number of hydrogen-bond acceptors (Lipinski definition) is 5. The van der Waals surface area contributed by atoms with Crippen LogP contribution in [0.3, 0.4) is 0 Å². The number of fused-ring (bicyclic) bond motifs is 2. The zero-order valence-electron chi connectivity index (χ0n) is 17.4. The summed E-state index contributed by atoms with van der Waals surface area (Å²) in [6, 6.07) is 13.6. The van der Waals surface area contributed by atoms with Crippen molar-refractivity contribution in [1.29, 1.82) is 0 Å². The lowest BCUT2D eigenvalue weighted by atomic mass is 10.1. The first kappa shape index (κ1) is 20.1. The van der Waals surface area contributed by atoms with Gasteiger partial charge in [-0.25, -0.2) is 0 Å². The van der Waals surface area contributed by atoms with Gasteiger partial charge in [-0.2, -0.15) is 0 Å². The molecule has 31 heavy (non-hydrogen) atoms. The Morgan fingerprint density at radius 1 is 1.00 bits per heavy atom. The third-order valence-corrected chi connectivity index (χ3v) is 6.11. The first-order valence-electron chi connectivity index (χ1n) is 10.5. The summed E-state index contributed by atoms with van der Waals surface area (Å²) in [4.78, 5) is 22.1. The summed E-state index contributed by atoms with van der Waals surface area (Å²) >= 11 is 6.12. The van der Waals surface area contributed by atoms with Crippen LogP contribution in [0.15, 0.2) is 42.5 Å². The number of nitrogens with zero attached hydrogens (tertiary/aromatic N) is 3. The van der Waals surface area contributed by atoms with E-state index < -0.39 is 0 Å². The molecule has 0 radical (unpaired) electrons. The number of halogens is 1. The van der Waals surface area contributed by atoms with E-state index in [-0.39, 0.29) is 5.91 Å². The maximum Gasteiger partial charge on any atom is 0.255 e. The number of rotatable bonds is 3. The lowest BCUT2D eigenvalue weighted by molar-refractivity contribution is 0.0627. The molecule has 7 heteroatoms. The molecule has 2 aromatic carbocycles. The van der Waals surface area contributed by atoms with Crippen LogP contribution >= 0.6 is 11.6 Å². The fourth-order valence-electron chi connectivity index (χ4n) is 4.18. The van der Waals surface area contributed by atoms with Crippen molar-refractivity contribution in [3.05, 3.63) is 64.3 Å². The number of amides is 1. The van der Waals surface area contributed by atoms with Gasteiger partial charge in [0.1, 0.15) is 13.2 Å². The molecule has 6 nitrogen and oxygen atoms in total. The molecule has 0 bridgehead atoms. The Balaban J connectivity index is 1.25. The van der Waals surface area contributed by atoms with Gasteiger partial charge in [-0.3, -0.25) is 14.7 Å². The minimum atomic E-state index is 0.0332. The van der Waals surface area contributed by atoms with E-state index in [1.807, 2.05) is 42.2 Å². The van der Waals surface area contributed by atoms with Gasteiger partial charge in [0.15, 0.2) is 11.5 Å². The van der Waals surface area contributed by atoms with Crippen LogP contribution in [0.25, 0.3) is 10.9 Å². The second kappa shape index (κ2) is 8.36. The molecule has 0 saturated carbocycles. The van der Waals surface area contributed by atoms with Crippen LogP contribution in [0.1, 0.15) is 21.6 Å². The molecule has 0 atom stereocenters. The van der Waals surface area contributed by atoms with Crippen molar-refractivity contribution in [2.75, 3.05) is 39.4 Å². The van der Waals surface area contributed by atoms with Crippen molar-refractivity contribution >= 4 is 28.4 Å². The van der Waals surface area contributed by atoms with Crippen LogP contribution in [0.4, 0.5) is 0 Å². The van der Waals surface area contributed by atoms with Gasteiger partial charge in [0.25, 0.3) is 5.91 Å². The Bertz CT molecular complexity index is 1140. The molecule has 160 valence electrons. The summed E-state index contributed by atoms with van der Waals surface area (Å²) in [6.45, 7) is 6.94. The third kappa shape index (κ3) is 4.18. The molecular weight excluding hydrogens is 414 g/mol. The van der Waals surface area contributed by atoms with Crippen LogP contribution in [0, 0.1) is 6.92 Å². The normalized spacial score (nSPS) is 16.5. The van der Waals surface area contributed by atoms with Gasteiger partial charge in [-0.1, -0.05) is 17.7 Å². The Hall–Kier alpha value is -2.83. The van der Waals surface area contributed by atoms with Crippen molar-refractivity contribution in [3.63, 3.8) is 0 Å². The second-order valence-electron chi connectivity index (χ2n) is 8.00. The predicted octanol–water partition coefficient (Wildman–Crippen LogP) is 3.93. The molecule has 2 aliphatic rings. The summed E-state index contributed by atoms with van der Waals surface area (Å²) in [7, 11) is 0. The maximum absolute atomic E-state index is 13.2. The Kier molecular flexibility index (Phi) is 5.42. The van der Waals surface area contributed by atoms with E-state index in [2.05, 4.69) is 22.0 Å². The molecule has 5 rings (SSSR count). The van der Waals surface area contributed by atoms with Crippen LogP contribution in [-0.4, -0.2) is 60.1 Å². The molecular formula is C24H24ClN3O3. The Morgan fingerprint density at radius 2 is 1.77 bits per heavy atom. The summed E-state index contributed by atoms with van der Waals surface area (Å²) in [5, 5.41) is 1.53. The first-order valence-corrected chi connectivity index (χ1v) is 10.9. The zero-order chi connectivity index (χ0) is 21.4. The van der Waals surface area contributed by atoms with Gasteiger partial charge in [-0.15, -0.1) is 0 Å². The van der Waals surface area contributed by atoms with E-state index >= 15 is 0 Å². The molecule has 1 saturated heterocycles. The average molecular weight is 438 g/mol. The summed E-state index contributed by atoms with van der Waals surface area (Å²) in [6.07, 6.45) is 0. The standard InChI is InChI=1S/C24H24ClN3O3/c1-16-20(14-18-13-19(25)3-4-21(18)26-16)24(29)28-8-6-27(7-9-28)15-17-2-5-22-23(12-17)31-11-10-30-22/h2-5,12-14H,6-11,15H2,1H3. The predicted molar refractivity (Wildman–Crippen MR) is 120 cm³/mol. The SMILES string of the molecule is Cc1nc2ccc(Cl)cc2cc1C(=O)N1CCN(Cc2ccc3c(c2)OCCO3)CC1. The molecule has 1 aromatic heterocycles. The van der Waals surface area contributed by atoms with E-state index in [1.54, 1.807) is 0 Å². The summed E-state index contributed by atoms with van der Waals surface area (Å²) in [5.74, 6) is 1.66. The van der Waals surface area contributed by atoms with Gasteiger partial charge >= 0.3 is 0 Å². The van der Waals surface area contributed by atoms with E-state index in [0.29, 0.717) is 36.9 Å². The van der Waals surface area contributed by atoms with Gasteiger partial charge in [0.2, 0.25) is 0 Å². The van der Waals surface area contributed by atoms with Gasteiger partial charge < -0.3 is 14.4 Å². The van der Waals surface area contributed by atoms with Crippen LogP contribution in [0.2, 0.25) is 5.02 Å². The Morgan fingerprint density at radius 3 is 2.58 bits per heavy atom. The van der Waals surface area contributed by atoms with Crippen molar-refractivity contribution < 1.29 is 14.3 Å². The third-order valence-electron chi connectivity index (χ3n) is 5.87. The topological polar surface area (TPSA) is 54.9 Å². The van der Waals surface area contributed by atoms with Crippen molar-refractivity contribution in [3.8, 4) is 11.5 Å². The number of piperazine rings is 1. The summed E-state index contributed by atoms with van der Waals surface area (Å²) < 4.78 is 11.3. The quantitative estimate of drug-likeness (QED) is 0.621. The number of pyridine rings is 1. The smallest absolute Gasteiger partial charge is 0.255 e. The number of aromatic nitrogens is 1. The minimum absolute atomic E-state index is 0.0332. The highest BCUT2D eigenvalue weighted by Gasteiger charge is 2.24. The fourth-order valence-corrected chi connectivity index (χ4v) is 4.36. The highest BCUT2D eigenvalue weighted by molar-refractivity contribution is 6.31. The number of benzene rings is 2. The first-order chi connectivity index (χ1) is 15.1. The lowest BCUT2D eigenvalue weighted by Crippen LogP contribution is -2.48. The molecule has 1 amide bonds. The highest BCUT2D eigenvalue weighted by atomic mass is 35.5. The maximum atomic E-state index is 13.2. The van der Waals surface area contributed by atoms with E-state index in [4.69, 9.17) is 21.1 Å². The van der Waals surface area contributed by atoms with Crippen LogP contribution < -0.4 is 9.47 Å². The zero-order valence-corrected chi connectivity index (χ0v) is 18.2. The number of carbonyl (C=O) groups is 1.